The molecule has 4 heteroatoms. The number of aliphatic hydroxyl groups excluding tert-OH is 1. The maximum atomic E-state index is 12.9. The molecule has 3 N–H and O–H groups in total. The Balaban J connectivity index is 2.91. The van der Waals surface area contributed by atoms with Gasteiger partial charge in [-0.15, -0.1) is 0 Å². The number of benzene rings is 1. The Bertz CT molecular complexity index is 343. The molecule has 0 bridgehead atoms. The van der Waals surface area contributed by atoms with Crippen LogP contribution in [0, 0.1) is 11.7 Å². The first-order valence-corrected chi connectivity index (χ1v) is 5.20. The van der Waals surface area contributed by atoms with Gasteiger partial charge >= 0.3 is 0 Å². The van der Waals surface area contributed by atoms with E-state index in [0.29, 0.717) is 5.56 Å². The molecule has 1 rings (SSSR count). The van der Waals surface area contributed by atoms with Crippen LogP contribution in [0.2, 0.25) is 5.02 Å². The zero-order chi connectivity index (χ0) is 11.6. The van der Waals surface area contributed by atoms with Gasteiger partial charge in [-0.25, -0.2) is 4.39 Å². The molecule has 0 unspecified atom stereocenters. The van der Waals surface area contributed by atoms with Crippen molar-refractivity contribution in [1.29, 1.82) is 0 Å². The molecule has 0 saturated heterocycles. The van der Waals surface area contributed by atoms with E-state index in [2.05, 4.69) is 0 Å². The average molecular weight is 232 g/mol. The number of nitrogens with two attached hydrogens (primary N) is 1. The molecule has 1 aromatic rings. The van der Waals surface area contributed by atoms with Gasteiger partial charge < -0.3 is 10.8 Å². The zero-order valence-corrected chi connectivity index (χ0v) is 9.50. The van der Waals surface area contributed by atoms with Crippen LogP contribution in [-0.2, 0) is 0 Å². The maximum Gasteiger partial charge on any atom is 0.141 e. The Morgan fingerprint density at radius 2 is 2.00 bits per heavy atom. The Morgan fingerprint density at radius 1 is 1.40 bits per heavy atom. The SMILES string of the molecule is CC(C)[C@@H](O)[C@@H](N)c1ccc(F)c(Cl)c1. The van der Waals surface area contributed by atoms with Crippen LogP contribution in [0.5, 0.6) is 0 Å². The predicted molar refractivity (Wildman–Crippen MR) is 59.2 cm³/mol. The van der Waals surface area contributed by atoms with Gasteiger partial charge in [0.2, 0.25) is 0 Å². The highest BCUT2D eigenvalue weighted by atomic mass is 35.5. The summed E-state index contributed by atoms with van der Waals surface area (Å²) >= 11 is 5.63. The Morgan fingerprint density at radius 3 is 2.47 bits per heavy atom. The minimum absolute atomic E-state index is 0.0268. The van der Waals surface area contributed by atoms with Gasteiger partial charge in [0.05, 0.1) is 17.2 Å². The Kier molecular flexibility index (Phi) is 4.08. The smallest absolute Gasteiger partial charge is 0.141 e. The van der Waals surface area contributed by atoms with Crippen molar-refractivity contribution in [3.63, 3.8) is 0 Å². The summed E-state index contributed by atoms with van der Waals surface area (Å²) in [5.41, 5.74) is 6.47. The third-order valence-electron chi connectivity index (χ3n) is 2.38. The molecule has 2 nitrogen and oxygen atoms in total. The normalized spacial score (nSPS) is 15.4. The molecule has 1 aromatic carbocycles. The van der Waals surface area contributed by atoms with E-state index >= 15 is 0 Å². The van der Waals surface area contributed by atoms with Gasteiger partial charge in [-0.2, -0.15) is 0 Å². The van der Waals surface area contributed by atoms with Crippen LogP contribution in [0.4, 0.5) is 4.39 Å². The topological polar surface area (TPSA) is 46.2 Å². The van der Waals surface area contributed by atoms with E-state index in [1.54, 1.807) is 0 Å². The maximum absolute atomic E-state index is 12.9. The lowest BCUT2D eigenvalue weighted by Crippen LogP contribution is -2.30. The summed E-state index contributed by atoms with van der Waals surface area (Å²) in [7, 11) is 0. The second kappa shape index (κ2) is 4.92. The number of hydrogen-bond acceptors (Lipinski definition) is 2. The second-order valence-corrected chi connectivity index (χ2v) is 4.34. The van der Waals surface area contributed by atoms with Crippen molar-refractivity contribution in [2.45, 2.75) is 26.0 Å². The molecule has 15 heavy (non-hydrogen) atoms. The molecule has 0 amide bonds. The molecular weight excluding hydrogens is 217 g/mol. The summed E-state index contributed by atoms with van der Waals surface area (Å²) in [4.78, 5) is 0. The van der Waals surface area contributed by atoms with Crippen LogP contribution in [0.25, 0.3) is 0 Å². The van der Waals surface area contributed by atoms with Crippen LogP contribution in [0.3, 0.4) is 0 Å². The molecule has 0 radical (unpaired) electrons. The first kappa shape index (κ1) is 12.4. The standard InChI is InChI=1S/C11H15ClFNO/c1-6(2)11(15)10(14)7-3-4-9(13)8(12)5-7/h3-6,10-11,15H,14H2,1-2H3/t10-,11+/m0/s1. The Labute approximate surface area is 93.9 Å². The summed E-state index contributed by atoms with van der Waals surface area (Å²) in [6.45, 7) is 3.74. The molecule has 0 heterocycles. The number of hydrogen-bond donors (Lipinski definition) is 2. The molecule has 0 spiro atoms. The van der Waals surface area contributed by atoms with Gasteiger partial charge in [0, 0.05) is 0 Å². The van der Waals surface area contributed by atoms with Gasteiger partial charge in [-0.05, 0) is 23.6 Å². The summed E-state index contributed by atoms with van der Waals surface area (Å²) in [6, 6.07) is 3.71. The van der Waals surface area contributed by atoms with Gasteiger partial charge in [0.1, 0.15) is 5.82 Å². The molecule has 84 valence electrons. The molecule has 0 aliphatic carbocycles. The molecular formula is C11H15ClFNO. The number of rotatable bonds is 3. The van der Waals surface area contributed by atoms with Crippen LogP contribution >= 0.6 is 11.6 Å². The Hall–Kier alpha value is -0.640. The van der Waals surface area contributed by atoms with Gasteiger partial charge in [-0.3, -0.25) is 0 Å². The second-order valence-electron chi connectivity index (χ2n) is 3.93. The van der Waals surface area contributed by atoms with Gasteiger partial charge in [-0.1, -0.05) is 31.5 Å². The van der Waals surface area contributed by atoms with E-state index in [4.69, 9.17) is 17.3 Å². The zero-order valence-electron chi connectivity index (χ0n) is 8.74. The highest BCUT2D eigenvalue weighted by Gasteiger charge is 2.20. The molecule has 0 aliphatic heterocycles. The van der Waals surface area contributed by atoms with E-state index in [9.17, 15) is 9.50 Å². The predicted octanol–water partition coefficient (Wildman–Crippen LogP) is 2.50. The lowest BCUT2D eigenvalue weighted by Gasteiger charge is -2.22. The summed E-state index contributed by atoms with van der Waals surface area (Å²) in [6.07, 6.45) is -0.661. The van der Waals surface area contributed by atoms with Crippen molar-refractivity contribution in [1.82, 2.24) is 0 Å². The fraction of sp³-hybridized carbons (Fsp3) is 0.455. The van der Waals surface area contributed by atoms with Crippen molar-refractivity contribution in [2.24, 2.45) is 11.7 Å². The van der Waals surface area contributed by atoms with Crippen molar-refractivity contribution in [3.8, 4) is 0 Å². The molecule has 2 atom stereocenters. The summed E-state index contributed by atoms with van der Waals surface area (Å²) in [5.74, 6) is -0.435. The van der Waals surface area contributed by atoms with Crippen molar-refractivity contribution < 1.29 is 9.50 Å². The van der Waals surface area contributed by atoms with E-state index in [-0.39, 0.29) is 10.9 Å². The molecule has 0 aliphatic rings. The largest absolute Gasteiger partial charge is 0.391 e. The first-order valence-electron chi connectivity index (χ1n) is 4.82. The fourth-order valence-electron chi connectivity index (χ4n) is 1.33. The monoisotopic (exact) mass is 231 g/mol. The van der Waals surface area contributed by atoms with Gasteiger partial charge in [0.15, 0.2) is 0 Å². The van der Waals surface area contributed by atoms with Crippen LogP contribution < -0.4 is 5.73 Å². The van der Waals surface area contributed by atoms with Crippen molar-refractivity contribution in [2.75, 3.05) is 0 Å². The minimum Gasteiger partial charge on any atom is -0.391 e. The molecule has 0 saturated carbocycles. The van der Waals surface area contributed by atoms with Crippen molar-refractivity contribution in [3.05, 3.63) is 34.6 Å². The summed E-state index contributed by atoms with van der Waals surface area (Å²) < 4.78 is 12.9. The lowest BCUT2D eigenvalue weighted by atomic mass is 9.94. The van der Waals surface area contributed by atoms with Crippen molar-refractivity contribution >= 4 is 11.6 Å². The minimum atomic E-state index is -0.661. The molecule has 0 aromatic heterocycles. The number of aliphatic hydroxyl groups is 1. The highest BCUT2D eigenvalue weighted by molar-refractivity contribution is 6.30. The van der Waals surface area contributed by atoms with E-state index in [0.717, 1.165) is 0 Å². The molecule has 0 fully saturated rings. The quantitative estimate of drug-likeness (QED) is 0.840. The highest BCUT2D eigenvalue weighted by Crippen LogP contribution is 2.23. The average Bonchev–Trinajstić information content (AvgIpc) is 2.19. The fourth-order valence-corrected chi connectivity index (χ4v) is 1.52. The van der Waals surface area contributed by atoms with E-state index < -0.39 is 18.0 Å². The van der Waals surface area contributed by atoms with E-state index in [1.165, 1.54) is 18.2 Å². The van der Waals surface area contributed by atoms with Crippen LogP contribution in [-0.4, -0.2) is 11.2 Å². The van der Waals surface area contributed by atoms with Gasteiger partial charge in [0.25, 0.3) is 0 Å². The first-order chi connectivity index (χ1) is 6.93. The summed E-state index contributed by atoms with van der Waals surface area (Å²) in [5, 5.41) is 9.77. The van der Waals surface area contributed by atoms with Crippen LogP contribution in [0.15, 0.2) is 18.2 Å². The third kappa shape index (κ3) is 2.91. The van der Waals surface area contributed by atoms with E-state index in [1.807, 2.05) is 13.8 Å². The third-order valence-corrected chi connectivity index (χ3v) is 2.67. The lowest BCUT2D eigenvalue weighted by molar-refractivity contribution is 0.0979. The number of halogens is 2. The van der Waals surface area contributed by atoms with Crippen LogP contribution in [0.1, 0.15) is 25.5 Å².